The fraction of sp³-hybridized carbons (Fsp3) is 0.471. The van der Waals surface area contributed by atoms with Gasteiger partial charge in [-0.1, -0.05) is 18.2 Å². The van der Waals surface area contributed by atoms with Crippen LogP contribution in [0.2, 0.25) is 0 Å². The number of para-hydroxylation sites is 1. The van der Waals surface area contributed by atoms with Crippen LogP contribution in [-0.2, 0) is 13.5 Å². The van der Waals surface area contributed by atoms with E-state index in [0.29, 0.717) is 6.04 Å². The Bertz CT molecular complexity index is 541. The number of nitrogens with one attached hydrogen (secondary N) is 1. The van der Waals surface area contributed by atoms with Crippen molar-refractivity contribution < 1.29 is 0 Å². The van der Waals surface area contributed by atoms with E-state index in [1.165, 1.54) is 24.2 Å². The largest absolute Gasteiger partial charge is 0.371 e. The molecule has 1 N–H and O–H groups in total. The summed E-state index contributed by atoms with van der Waals surface area (Å²) in [6.45, 7) is 3.31. The molecule has 0 amide bonds. The van der Waals surface area contributed by atoms with Gasteiger partial charge in [0, 0.05) is 51.0 Å². The van der Waals surface area contributed by atoms with E-state index >= 15 is 0 Å². The number of piperidine rings is 1. The third kappa shape index (κ3) is 3.85. The topological polar surface area (TPSA) is 33.1 Å². The van der Waals surface area contributed by atoms with Crippen molar-refractivity contribution in [2.45, 2.75) is 25.3 Å². The molecule has 0 radical (unpaired) electrons. The van der Waals surface area contributed by atoms with E-state index in [4.69, 9.17) is 0 Å². The number of aryl methyl sites for hydroxylation is 1. The first-order valence-electron chi connectivity index (χ1n) is 7.83. The van der Waals surface area contributed by atoms with Gasteiger partial charge in [0.1, 0.15) is 0 Å². The zero-order valence-corrected chi connectivity index (χ0v) is 12.7. The van der Waals surface area contributed by atoms with Gasteiger partial charge in [0.15, 0.2) is 0 Å². The SMILES string of the molecule is Cn1ccc(CCNC2CCN(c3ccccc3)CC2)n1. The monoisotopic (exact) mass is 284 g/mol. The first kappa shape index (κ1) is 14.1. The smallest absolute Gasteiger partial charge is 0.0637 e. The average molecular weight is 284 g/mol. The highest BCUT2D eigenvalue weighted by Gasteiger charge is 2.18. The molecule has 0 bridgehead atoms. The number of hydrogen-bond acceptors (Lipinski definition) is 3. The van der Waals surface area contributed by atoms with Crippen molar-refractivity contribution in [1.82, 2.24) is 15.1 Å². The molecule has 0 spiro atoms. The summed E-state index contributed by atoms with van der Waals surface area (Å²) in [5.41, 5.74) is 2.52. The van der Waals surface area contributed by atoms with Crippen LogP contribution in [0.25, 0.3) is 0 Å². The lowest BCUT2D eigenvalue weighted by Crippen LogP contribution is -2.43. The van der Waals surface area contributed by atoms with Gasteiger partial charge in [-0.15, -0.1) is 0 Å². The molecule has 112 valence electrons. The minimum absolute atomic E-state index is 0.647. The van der Waals surface area contributed by atoms with Crippen molar-refractivity contribution in [2.75, 3.05) is 24.5 Å². The number of benzene rings is 1. The summed E-state index contributed by atoms with van der Waals surface area (Å²) in [4.78, 5) is 2.48. The van der Waals surface area contributed by atoms with E-state index in [1.54, 1.807) is 0 Å². The lowest BCUT2D eigenvalue weighted by molar-refractivity contribution is 0.417. The highest BCUT2D eigenvalue weighted by Crippen LogP contribution is 2.19. The molecule has 1 aromatic heterocycles. The van der Waals surface area contributed by atoms with Crippen LogP contribution in [0.1, 0.15) is 18.5 Å². The van der Waals surface area contributed by atoms with E-state index in [2.05, 4.69) is 51.7 Å². The first-order valence-corrected chi connectivity index (χ1v) is 7.83. The molecule has 1 aliphatic heterocycles. The Morgan fingerprint density at radius 2 is 1.90 bits per heavy atom. The van der Waals surface area contributed by atoms with Crippen LogP contribution in [-0.4, -0.2) is 35.5 Å². The molecule has 21 heavy (non-hydrogen) atoms. The third-order valence-electron chi connectivity index (χ3n) is 4.20. The summed E-state index contributed by atoms with van der Waals surface area (Å²) < 4.78 is 1.87. The second-order valence-corrected chi connectivity index (χ2v) is 5.78. The van der Waals surface area contributed by atoms with E-state index in [0.717, 1.165) is 26.1 Å². The lowest BCUT2D eigenvalue weighted by Gasteiger charge is -2.34. The highest BCUT2D eigenvalue weighted by atomic mass is 15.2. The number of rotatable bonds is 5. The summed E-state index contributed by atoms with van der Waals surface area (Å²) in [5.74, 6) is 0. The Balaban J connectivity index is 1.40. The summed E-state index contributed by atoms with van der Waals surface area (Å²) in [6.07, 6.45) is 5.46. The first-order chi connectivity index (χ1) is 10.3. The van der Waals surface area contributed by atoms with Gasteiger partial charge < -0.3 is 10.2 Å². The van der Waals surface area contributed by atoms with Crippen molar-refractivity contribution in [2.24, 2.45) is 7.05 Å². The highest BCUT2D eigenvalue weighted by molar-refractivity contribution is 5.46. The quantitative estimate of drug-likeness (QED) is 0.914. The van der Waals surface area contributed by atoms with Crippen LogP contribution in [0.15, 0.2) is 42.6 Å². The van der Waals surface area contributed by atoms with Gasteiger partial charge in [0.05, 0.1) is 5.69 Å². The third-order valence-corrected chi connectivity index (χ3v) is 4.20. The van der Waals surface area contributed by atoms with Gasteiger partial charge in [0.2, 0.25) is 0 Å². The predicted octanol–water partition coefficient (Wildman–Crippen LogP) is 2.22. The van der Waals surface area contributed by atoms with Crippen molar-refractivity contribution in [3.8, 4) is 0 Å². The number of hydrogen-bond donors (Lipinski definition) is 1. The van der Waals surface area contributed by atoms with Gasteiger partial charge in [-0.25, -0.2) is 0 Å². The zero-order valence-electron chi connectivity index (χ0n) is 12.7. The molecule has 2 aromatic rings. The number of aromatic nitrogens is 2. The number of anilines is 1. The molecule has 1 fully saturated rings. The zero-order chi connectivity index (χ0) is 14.5. The molecule has 4 nitrogen and oxygen atoms in total. The maximum Gasteiger partial charge on any atom is 0.0637 e. The molecular weight excluding hydrogens is 260 g/mol. The predicted molar refractivity (Wildman–Crippen MR) is 86.6 cm³/mol. The molecule has 0 saturated carbocycles. The molecule has 0 unspecified atom stereocenters. The van der Waals surface area contributed by atoms with Crippen LogP contribution in [0.5, 0.6) is 0 Å². The molecule has 1 aliphatic rings. The van der Waals surface area contributed by atoms with Crippen LogP contribution < -0.4 is 10.2 Å². The standard InChI is InChI=1S/C17H24N4/c1-20-12-8-16(19-20)7-11-18-15-9-13-21(14-10-15)17-5-3-2-4-6-17/h2-6,8,12,15,18H,7,9-11,13-14H2,1H3. The van der Waals surface area contributed by atoms with Crippen molar-refractivity contribution in [3.05, 3.63) is 48.3 Å². The fourth-order valence-electron chi connectivity index (χ4n) is 2.98. The second-order valence-electron chi connectivity index (χ2n) is 5.78. The maximum absolute atomic E-state index is 4.41. The molecule has 3 rings (SSSR count). The molecule has 1 saturated heterocycles. The van der Waals surface area contributed by atoms with Crippen LogP contribution >= 0.6 is 0 Å². The summed E-state index contributed by atoms with van der Waals surface area (Å²) >= 11 is 0. The molecule has 0 aliphatic carbocycles. The fourth-order valence-corrected chi connectivity index (χ4v) is 2.98. The Morgan fingerprint density at radius 1 is 1.14 bits per heavy atom. The Labute approximate surface area is 126 Å². The van der Waals surface area contributed by atoms with E-state index in [-0.39, 0.29) is 0 Å². The maximum atomic E-state index is 4.41. The Hall–Kier alpha value is -1.81. The van der Waals surface area contributed by atoms with Gasteiger partial charge >= 0.3 is 0 Å². The van der Waals surface area contributed by atoms with Gasteiger partial charge in [-0.3, -0.25) is 4.68 Å². The van der Waals surface area contributed by atoms with E-state index in [9.17, 15) is 0 Å². The minimum atomic E-state index is 0.647. The van der Waals surface area contributed by atoms with Crippen molar-refractivity contribution >= 4 is 5.69 Å². The molecule has 4 heteroatoms. The van der Waals surface area contributed by atoms with Gasteiger partial charge in [0.25, 0.3) is 0 Å². The normalized spacial score (nSPS) is 16.3. The molecule has 1 aromatic carbocycles. The van der Waals surface area contributed by atoms with Gasteiger partial charge in [-0.05, 0) is 31.0 Å². The van der Waals surface area contributed by atoms with Crippen LogP contribution in [0, 0.1) is 0 Å². The van der Waals surface area contributed by atoms with Gasteiger partial charge in [-0.2, -0.15) is 5.10 Å². The summed E-state index contributed by atoms with van der Waals surface area (Å²) in [7, 11) is 1.97. The molecule has 0 atom stereocenters. The summed E-state index contributed by atoms with van der Waals surface area (Å²) in [5, 5.41) is 8.09. The number of nitrogens with zero attached hydrogens (tertiary/aromatic N) is 3. The second kappa shape index (κ2) is 6.76. The van der Waals surface area contributed by atoms with Crippen LogP contribution in [0.3, 0.4) is 0 Å². The molecular formula is C17H24N4. The average Bonchev–Trinajstić information content (AvgIpc) is 2.94. The van der Waals surface area contributed by atoms with E-state index in [1.807, 2.05) is 17.9 Å². The van der Waals surface area contributed by atoms with Crippen molar-refractivity contribution in [1.29, 1.82) is 0 Å². The van der Waals surface area contributed by atoms with Crippen LogP contribution in [0.4, 0.5) is 5.69 Å². The van der Waals surface area contributed by atoms with E-state index < -0.39 is 0 Å². The summed E-state index contributed by atoms with van der Waals surface area (Å²) in [6, 6.07) is 13.5. The molecule has 2 heterocycles. The minimum Gasteiger partial charge on any atom is -0.371 e. The lowest BCUT2D eigenvalue weighted by atomic mass is 10.0. The Kier molecular flexibility index (Phi) is 4.55. The Morgan fingerprint density at radius 3 is 2.57 bits per heavy atom. The van der Waals surface area contributed by atoms with Crippen molar-refractivity contribution in [3.63, 3.8) is 0 Å².